The van der Waals surface area contributed by atoms with Crippen LogP contribution in [0.1, 0.15) is 11.1 Å². The highest BCUT2D eigenvalue weighted by atomic mass is 32.2. The van der Waals surface area contributed by atoms with Crippen LogP contribution in [0.25, 0.3) is 0 Å². The Morgan fingerprint density at radius 1 is 1.08 bits per heavy atom. The van der Waals surface area contributed by atoms with Gasteiger partial charge >= 0.3 is 6.03 Å². The molecule has 5 nitrogen and oxygen atoms in total. The zero-order valence-corrected chi connectivity index (χ0v) is 14.7. The number of carbonyl (C=O) groups is 2. The van der Waals surface area contributed by atoms with E-state index in [9.17, 15) is 9.59 Å². The van der Waals surface area contributed by atoms with E-state index in [1.54, 1.807) is 7.11 Å². The maximum Gasteiger partial charge on any atom is 0.325 e. The van der Waals surface area contributed by atoms with Crippen LogP contribution >= 0.6 is 11.8 Å². The van der Waals surface area contributed by atoms with Crippen LogP contribution < -0.4 is 15.4 Å². The smallest absolute Gasteiger partial charge is 0.325 e. The van der Waals surface area contributed by atoms with Crippen molar-refractivity contribution in [2.24, 2.45) is 0 Å². The van der Waals surface area contributed by atoms with Gasteiger partial charge in [0.2, 0.25) is 5.91 Å². The molecule has 0 bridgehead atoms. The Morgan fingerprint density at radius 2 is 1.79 bits per heavy atom. The largest absolute Gasteiger partial charge is 0.497 e. The number of carbonyl (C=O) groups excluding carboxylic acids is 2. The highest BCUT2D eigenvalue weighted by molar-refractivity contribution is 8.00. The average Bonchev–Trinajstić information content (AvgIpc) is 2.56. The SMILES string of the molecule is COc1ccc(SCC(=O)NC(=O)Nc2ccc(C)cc2C)cc1. The fourth-order valence-electron chi connectivity index (χ4n) is 2.09. The van der Waals surface area contributed by atoms with Crippen molar-refractivity contribution < 1.29 is 14.3 Å². The van der Waals surface area contributed by atoms with E-state index in [0.717, 1.165) is 21.8 Å². The quantitative estimate of drug-likeness (QED) is 0.811. The fourth-order valence-corrected chi connectivity index (χ4v) is 2.79. The van der Waals surface area contributed by atoms with Crippen molar-refractivity contribution in [1.29, 1.82) is 0 Å². The number of thioether (sulfide) groups is 1. The summed E-state index contributed by atoms with van der Waals surface area (Å²) in [5, 5.41) is 5.01. The van der Waals surface area contributed by atoms with Crippen LogP contribution in [0, 0.1) is 13.8 Å². The molecule has 0 aliphatic carbocycles. The molecule has 0 aliphatic rings. The summed E-state index contributed by atoms with van der Waals surface area (Å²) in [4.78, 5) is 24.7. The van der Waals surface area contributed by atoms with Gasteiger partial charge in [0.25, 0.3) is 0 Å². The third kappa shape index (κ3) is 5.31. The van der Waals surface area contributed by atoms with Crippen LogP contribution in [-0.2, 0) is 4.79 Å². The lowest BCUT2D eigenvalue weighted by Gasteiger charge is -2.10. The zero-order valence-electron chi connectivity index (χ0n) is 13.9. The van der Waals surface area contributed by atoms with Crippen molar-refractivity contribution in [2.75, 3.05) is 18.2 Å². The van der Waals surface area contributed by atoms with Gasteiger partial charge in [-0.15, -0.1) is 11.8 Å². The molecule has 0 aromatic heterocycles. The molecule has 0 spiro atoms. The van der Waals surface area contributed by atoms with E-state index in [4.69, 9.17) is 4.74 Å². The fraction of sp³-hybridized carbons (Fsp3) is 0.222. The highest BCUT2D eigenvalue weighted by Crippen LogP contribution is 2.21. The van der Waals surface area contributed by atoms with Crippen LogP contribution in [0.5, 0.6) is 5.75 Å². The van der Waals surface area contributed by atoms with Gasteiger partial charge in [0.1, 0.15) is 5.75 Å². The van der Waals surface area contributed by atoms with Crippen molar-refractivity contribution >= 4 is 29.4 Å². The van der Waals surface area contributed by atoms with Crippen LogP contribution in [0.4, 0.5) is 10.5 Å². The third-order valence-electron chi connectivity index (χ3n) is 3.31. The van der Waals surface area contributed by atoms with Gasteiger partial charge in [-0.3, -0.25) is 10.1 Å². The lowest BCUT2D eigenvalue weighted by molar-refractivity contribution is -0.117. The first kappa shape index (κ1) is 17.9. The molecule has 2 aromatic carbocycles. The minimum absolute atomic E-state index is 0.159. The number of benzene rings is 2. The maximum absolute atomic E-state index is 11.9. The van der Waals surface area contributed by atoms with Gasteiger partial charge in [0, 0.05) is 10.6 Å². The third-order valence-corrected chi connectivity index (χ3v) is 4.32. The van der Waals surface area contributed by atoms with Crippen molar-refractivity contribution in [3.8, 4) is 5.75 Å². The molecule has 6 heteroatoms. The van der Waals surface area contributed by atoms with Crippen LogP contribution in [-0.4, -0.2) is 24.8 Å². The van der Waals surface area contributed by atoms with Crippen molar-refractivity contribution in [1.82, 2.24) is 5.32 Å². The summed E-state index contributed by atoms with van der Waals surface area (Å²) in [7, 11) is 1.60. The molecule has 3 amide bonds. The van der Waals surface area contributed by atoms with E-state index >= 15 is 0 Å². The second-order valence-corrected chi connectivity index (χ2v) is 6.33. The predicted octanol–water partition coefficient (Wildman–Crippen LogP) is 3.75. The van der Waals surface area contributed by atoms with Crippen molar-refractivity contribution in [3.05, 3.63) is 53.6 Å². The standard InChI is InChI=1S/C18H20N2O3S/c1-12-4-9-16(13(2)10-12)19-18(22)20-17(21)11-24-15-7-5-14(23-3)6-8-15/h4-10H,11H2,1-3H3,(H2,19,20,21,22). The molecule has 126 valence electrons. The minimum atomic E-state index is -0.526. The number of hydrogen-bond acceptors (Lipinski definition) is 4. The predicted molar refractivity (Wildman–Crippen MR) is 96.8 cm³/mol. The monoisotopic (exact) mass is 344 g/mol. The number of nitrogens with one attached hydrogen (secondary N) is 2. The van der Waals surface area contributed by atoms with E-state index in [1.165, 1.54) is 11.8 Å². The lowest BCUT2D eigenvalue weighted by Crippen LogP contribution is -2.35. The molecular formula is C18H20N2O3S. The molecular weight excluding hydrogens is 324 g/mol. The topological polar surface area (TPSA) is 67.4 Å². The Balaban J connectivity index is 1.81. The number of amides is 3. The van der Waals surface area contributed by atoms with E-state index in [1.807, 2.05) is 56.3 Å². The maximum atomic E-state index is 11.9. The molecule has 0 atom stereocenters. The number of ether oxygens (including phenoxy) is 1. The molecule has 24 heavy (non-hydrogen) atoms. The van der Waals surface area contributed by atoms with E-state index in [0.29, 0.717) is 5.69 Å². The molecule has 0 saturated heterocycles. The second kappa shape index (κ2) is 8.40. The van der Waals surface area contributed by atoms with Gasteiger partial charge in [0.15, 0.2) is 0 Å². The number of rotatable bonds is 5. The van der Waals surface area contributed by atoms with Gasteiger partial charge in [-0.25, -0.2) is 4.79 Å². The molecule has 0 radical (unpaired) electrons. The molecule has 0 aliphatic heterocycles. The summed E-state index contributed by atoms with van der Waals surface area (Å²) < 4.78 is 5.08. The molecule has 0 fully saturated rings. The van der Waals surface area contributed by atoms with Crippen LogP contribution in [0.3, 0.4) is 0 Å². The molecule has 0 unspecified atom stereocenters. The Bertz CT molecular complexity index is 730. The Kier molecular flexibility index (Phi) is 6.26. The van der Waals surface area contributed by atoms with E-state index < -0.39 is 6.03 Å². The number of aryl methyl sites for hydroxylation is 2. The lowest BCUT2D eigenvalue weighted by atomic mass is 10.1. The summed E-state index contributed by atoms with van der Waals surface area (Å²) in [6, 6.07) is 12.6. The molecule has 2 aromatic rings. The second-order valence-electron chi connectivity index (χ2n) is 5.28. The van der Waals surface area contributed by atoms with Crippen LogP contribution in [0.2, 0.25) is 0 Å². The Hall–Kier alpha value is -2.47. The summed E-state index contributed by atoms with van der Waals surface area (Å²) in [6.07, 6.45) is 0. The molecule has 0 heterocycles. The summed E-state index contributed by atoms with van der Waals surface area (Å²) >= 11 is 1.35. The number of methoxy groups -OCH3 is 1. The molecule has 0 saturated carbocycles. The minimum Gasteiger partial charge on any atom is -0.497 e. The first-order valence-electron chi connectivity index (χ1n) is 7.43. The number of imide groups is 1. The van der Waals surface area contributed by atoms with Gasteiger partial charge in [-0.2, -0.15) is 0 Å². The van der Waals surface area contributed by atoms with E-state index in [2.05, 4.69) is 10.6 Å². The van der Waals surface area contributed by atoms with Gasteiger partial charge < -0.3 is 10.1 Å². The van der Waals surface area contributed by atoms with Crippen LogP contribution in [0.15, 0.2) is 47.4 Å². The zero-order chi connectivity index (χ0) is 17.5. The average molecular weight is 344 g/mol. The number of anilines is 1. The number of hydrogen-bond donors (Lipinski definition) is 2. The van der Waals surface area contributed by atoms with E-state index in [-0.39, 0.29) is 11.7 Å². The normalized spacial score (nSPS) is 10.1. The summed E-state index contributed by atoms with van der Waals surface area (Å²) in [5.41, 5.74) is 2.75. The summed E-state index contributed by atoms with van der Waals surface area (Å²) in [5.74, 6) is 0.571. The van der Waals surface area contributed by atoms with Crippen molar-refractivity contribution in [2.45, 2.75) is 18.7 Å². The number of urea groups is 1. The first-order chi connectivity index (χ1) is 11.5. The Morgan fingerprint density at radius 3 is 2.42 bits per heavy atom. The van der Waals surface area contributed by atoms with Gasteiger partial charge in [-0.05, 0) is 49.7 Å². The Labute approximate surface area is 145 Å². The van der Waals surface area contributed by atoms with Crippen molar-refractivity contribution in [3.63, 3.8) is 0 Å². The van der Waals surface area contributed by atoms with Gasteiger partial charge in [0.05, 0.1) is 12.9 Å². The summed E-state index contributed by atoms with van der Waals surface area (Å²) in [6.45, 7) is 3.89. The van der Waals surface area contributed by atoms with Gasteiger partial charge in [-0.1, -0.05) is 17.7 Å². The first-order valence-corrected chi connectivity index (χ1v) is 8.41. The highest BCUT2D eigenvalue weighted by Gasteiger charge is 2.10. The molecule has 2 rings (SSSR count). The molecule has 2 N–H and O–H groups in total.